The highest BCUT2D eigenvalue weighted by atomic mass is 16.3. The molecular formula is C27H17NO. The molecule has 0 fully saturated rings. The van der Waals surface area contributed by atoms with Crippen molar-refractivity contribution >= 4 is 32.5 Å². The molecule has 6 aromatic rings. The average Bonchev–Trinajstić information content (AvgIpc) is 3.24. The van der Waals surface area contributed by atoms with Crippen LogP contribution in [-0.2, 0) is 0 Å². The summed E-state index contributed by atoms with van der Waals surface area (Å²) in [6.07, 6.45) is 1.87. The van der Waals surface area contributed by atoms with Gasteiger partial charge in [-0.3, -0.25) is 4.98 Å². The standard InChI is InChI=1S/C27H17NO/c1-2-8-18(9-3-1)25-17-20-14-15-28-26(27(20)29-25)24-16-19-10-4-5-11-21(19)22-12-6-7-13-23(22)24/h1-17H. The molecule has 0 unspecified atom stereocenters. The van der Waals surface area contributed by atoms with Crippen molar-refractivity contribution in [3.63, 3.8) is 0 Å². The lowest BCUT2D eigenvalue weighted by molar-refractivity contribution is 0.631. The Morgan fingerprint density at radius 2 is 1.31 bits per heavy atom. The van der Waals surface area contributed by atoms with Gasteiger partial charge in [-0.05, 0) is 39.7 Å². The number of nitrogens with zero attached hydrogens (tertiary/aromatic N) is 1. The van der Waals surface area contributed by atoms with E-state index in [-0.39, 0.29) is 0 Å². The van der Waals surface area contributed by atoms with E-state index in [9.17, 15) is 0 Å². The first-order valence-electron chi connectivity index (χ1n) is 9.73. The maximum absolute atomic E-state index is 6.34. The maximum Gasteiger partial charge on any atom is 0.161 e. The Bertz CT molecular complexity index is 1500. The van der Waals surface area contributed by atoms with Crippen molar-refractivity contribution in [2.75, 3.05) is 0 Å². The second kappa shape index (κ2) is 6.32. The Labute approximate surface area is 168 Å². The van der Waals surface area contributed by atoms with Crippen LogP contribution in [0.5, 0.6) is 0 Å². The average molecular weight is 371 g/mol. The van der Waals surface area contributed by atoms with E-state index in [1.807, 2.05) is 30.5 Å². The monoisotopic (exact) mass is 371 g/mol. The number of aromatic nitrogens is 1. The lowest BCUT2D eigenvalue weighted by Gasteiger charge is -2.10. The Hall–Kier alpha value is -3.91. The third-order valence-electron chi connectivity index (χ3n) is 5.52. The van der Waals surface area contributed by atoms with Crippen molar-refractivity contribution < 1.29 is 4.42 Å². The van der Waals surface area contributed by atoms with Gasteiger partial charge < -0.3 is 4.42 Å². The molecular weight excluding hydrogens is 354 g/mol. The molecule has 0 atom stereocenters. The number of benzene rings is 4. The second-order valence-electron chi connectivity index (χ2n) is 7.25. The first-order chi connectivity index (χ1) is 14.4. The highest BCUT2D eigenvalue weighted by Crippen LogP contribution is 2.38. The molecule has 2 aromatic heterocycles. The molecule has 0 aliphatic heterocycles. The summed E-state index contributed by atoms with van der Waals surface area (Å²) in [5.74, 6) is 0.861. The predicted molar refractivity (Wildman–Crippen MR) is 120 cm³/mol. The minimum Gasteiger partial charge on any atom is -0.454 e. The van der Waals surface area contributed by atoms with Crippen molar-refractivity contribution in [1.29, 1.82) is 0 Å². The fourth-order valence-corrected chi connectivity index (χ4v) is 4.15. The van der Waals surface area contributed by atoms with Crippen molar-refractivity contribution in [3.05, 3.63) is 103 Å². The van der Waals surface area contributed by atoms with Crippen molar-refractivity contribution in [2.24, 2.45) is 0 Å². The zero-order chi connectivity index (χ0) is 19.2. The molecule has 0 bridgehead atoms. The van der Waals surface area contributed by atoms with E-state index in [0.29, 0.717) is 0 Å². The van der Waals surface area contributed by atoms with Gasteiger partial charge in [-0.2, -0.15) is 0 Å². The van der Waals surface area contributed by atoms with Gasteiger partial charge in [0.1, 0.15) is 11.5 Å². The lowest BCUT2D eigenvalue weighted by Crippen LogP contribution is -1.88. The van der Waals surface area contributed by atoms with Crippen LogP contribution in [0.1, 0.15) is 0 Å². The highest BCUT2D eigenvalue weighted by molar-refractivity contribution is 6.15. The van der Waals surface area contributed by atoms with Crippen LogP contribution in [0.3, 0.4) is 0 Å². The van der Waals surface area contributed by atoms with Crippen molar-refractivity contribution in [2.45, 2.75) is 0 Å². The fourth-order valence-electron chi connectivity index (χ4n) is 4.15. The van der Waals surface area contributed by atoms with E-state index in [1.54, 1.807) is 0 Å². The topological polar surface area (TPSA) is 26.0 Å². The smallest absolute Gasteiger partial charge is 0.161 e. The van der Waals surface area contributed by atoms with E-state index in [4.69, 9.17) is 9.40 Å². The van der Waals surface area contributed by atoms with Gasteiger partial charge in [0.2, 0.25) is 0 Å². The van der Waals surface area contributed by atoms with Crippen molar-refractivity contribution in [3.8, 4) is 22.6 Å². The molecule has 0 aliphatic rings. The molecule has 6 rings (SSSR count). The summed E-state index contributed by atoms with van der Waals surface area (Å²) in [5.41, 5.74) is 3.87. The fraction of sp³-hybridized carbons (Fsp3) is 0. The third-order valence-corrected chi connectivity index (χ3v) is 5.52. The molecule has 2 heterocycles. The summed E-state index contributed by atoms with van der Waals surface area (Å²) in [5, 5.41) is 5.93. The van der Waals surface area contributed by atoms with Crippen LogP contribution in [0.4, 0.5) is 0 Å². The first-order valence-corrected chi connectivity index (χ1v) is 9.73. The largest absolute Gasteiger partial charge is 0.454 e. The Morgan fingerprint density at radius 3 is 2.17 bits per heavy atom. The number of hydrogen-bond donors (Lipinski definition) is 0. The van der Waals surface area contributed by atoms with Gasteiger partial charge >= 0.3 is 0 Å². The number of rotatable bonds is 2. The molecule has 4 aromatic carbocycles. The lowest BCUT2D eigenvalue weighted by atomic mass is 9.95. The van der Waals surface area contributed by atoms with E-state index >= 15 is 0 Å². The Kier molecular flexibility index (Phi) is 3.50. The molecule has 0 spiro atoms. The summed E-state index contributed by atoms with van der Waals surface area (Å²) < 4.78 is 6.34. The summed E-state index contributed by atoms with van der Waals surface area (Å²) in [4.78, 5) is 4.75. The van der Waals surface area contributed by atoms with Gasteiger partial charge in [-0.15, -0.1) is 0 Å². The molecule has 2 heteroatoms. The van der Waals surface area contributed by atoms with Gasteiger partial charge in [-0.25, -0.2) is 0 Å². The molecule has 0 saturated carbocycles. The Balaban J connectivity index is 1.68. The van der Waals surface area contributed by atoms with Gasteiger partial charge in [0.25, 0.3) is 0 Å². The van der Waals surface area contributed by atoms with Crippen LogP contribution in [0.2, 0.25) is 0 Å². The quantitative estimate of drug-likeness (QED) is 0.295. The van der Waals surface area contributed by atoms with E-state index in [2.05, 4.69) is 72.8 Å². The molecule has 2 nitrogen and oxygen atoms in total. The number of furan rings is 1. The minimum absolute atomic E-state index is 0.826. The number of pyridine rings is 1. The highest BCUT2D eigenvalue weighted by Gasteiger charge is 2.16. The molecule has 0 saturated heterocycles. The molecule has 29 heavy (non-hydrogen) atoms. The first kappa shape index (κ1) is 16.1. The van der Waals surface area contributed by atoms with Crippen LogP contribution < -0.4 is 0 Å². The molecule has 0 aliphatic carbocycles. The van der Waals surface area contributed by atoms with E-state index in [1.165, 1.54) is 21.5 Å². The van der Waals surface area contributed by atoms with Crippen LogP contribution in [0.15, 0.2) is 108 Å². The van der Waals surface area contributed by atoms with E-state index in [0.717, 1.165) is 33.6 Å². The summed E-state index contributed by atoms with van der Waals surface area (Å²) in [6.45, 7) is 0. The summed E-state index contributed by atoms with van der Waals surface area (Å²) >= 11 is 0. The van der Waals surface area contributed by atoms with Gasteiger partial charge in [0.05, 0.1) is 0 Å². The minimum atomic E-state index is 0.826. The molecule has 0 radical (unpaired) electrons. The number of fused-ring (bicyclic) bond motifs is 4. The number of hydrogen-bond acceptors (Lipinski definition) is 2. The molecule has 0 N–H and O–H groups in total. The van der Waals surface area contributed by atoms with Crippen LogP contribution in [0.25, 0.3) is 55.1 Å². The normalized spacial score (nSPS) is 11.4. The SMILES string of the molecule is c1ccc(-c2cc3ccnc(-c4cc5ccccc5c5ccccc45)c3o2)cc1. The summed E-state index contributed by atoms with van der Waals surface area (Å²) in [6, 6.07) is 33.5. The predicted octanol–water partition coefficient (Wildman–Crippen LogP) is 7.47. The van der Waals surface area contributed by atoms with Crippen LogP contribution in [0, 0.1) is 0 Å². The van der Waals surface area contributed by atoms with E-state index < -0.39 is 0 Å². The zero-order valence-corrected chi connectivity index (χ0v) is 15.7. The molecule has 0 amide bonds. The van der Waals surface area contributed by atoms with Gasteiger partial charge in [-0.1, -0.05) is 78.9 Å². The molecule has 136 valence electrons. The maximum atomic E-state index is 6.34. The zero-order valence-electron chi connectivity index (χ0n) is 15.7. The second-order valence-corrected chi connectivity index (χ2v) is 7.25. The van der Waals surface area contributed by atoms with Crippen LogP contribution >= 0.6 is 0 Å². The van der Waals surface area contributed by atoms with Gasteiger partial charge in [0.15, 0.2) is 5.58 Å². The van der Waals surface area contributed by atoms with Crippen molar-refractivity contribution in [1.82, 2.24) is 4.98 Å². The summed E-state index contributed by atoms with van der Waals surface area (Å²) in [7, 11) is 0. The Morgan fingerprint density at radius 1 is 0.586 bits per heavy atom. The third kappa shape index (κ3) is 2.54. The van der Waals surface area contributed by atoms with Crippen LogP contribution in [-0.4, -0.2) is 4.98 Å². The van der Waals surface area contributed by atoms with Gasteiger partial charge in [0, 0.05) is 22.7 Å².